The Bertz CT molecular complexity index is 1430. The normalized spacial score (nSPS) is 14.5. The zero-order valence-corrected chi connectivity index (χ0v) is 22.1. The molecule has 9 nitrogen and oxygen atoms in total. The molecule has 1 saturated heterocycles. The molecule has 4 aromatic rings. The number of amides is 1. The van der Waals surface area contributed by atoms with Crippen LogP contribution in [0.5, 0.6) is 0 Å². The second-order valence-electron chi connectivity index (χ2n) is 9.23. The van der Waals surface area contributed by atoms with Gasteiger partial charge in [0.2, 0.25) is 0 Å². The summed E-state index contributed by atoms with van der Waals surface area (Å²) in [5.74, 6) is 0.509. The van der Waals surface area contributed by atoms with Crippen molar-refractivity contribution in [3.63, 3.8) is 0 Å². The van der Waals surface area contributed by atoms with E-state index in [1.54, 1.807) is 28.1 Å². The molecule has 1 atom stereocenters. The number of hydrogen-bond donors (Lipinski definition) is 1. The summed E-state index contributed by atoms with van der Waals surface area (Å²) >= 11 is 1.63. The maximum atomic E-state index is 13.3. The lowest BCUT2D eigenvalue weighted by atomic mass is 10.0. The fourth-order valence-corrected chi connectivity index (χ4v) is 5.32. The number of carbonyl (C=O) groups excluding carboxylic acids is 1. The summed E-state index contributed by atoms with van der Waals surface area (Å²) in [4.78, 5) is 28.4. The fourth-order valence-electron chi connectivity index (χ4n) is 4.62. The van der Waals surface area contributed by atoms with E-state index in [-0.39, 0.29) is 17.9 Å². The first kappa shape index (κ1) is 24.9. The van der Waals surface area contributed by atoms with Crippen molar-refractivity contribution in [1.82, 2.24) is 29.8 Å². The Hall–Kier alpha value is -3.81. The van der Waals surface area contributed by atoms with E-state index in [1.165, 1.54) is 0 Å². The van der Waals surface area contributed by atoms with Crippen LogP contribution in [0.25, 0.3) is 27.5 Å². The van der Waals surface area contributed by atoms with Gasteiger partial charge in [0.1, 0.15) is 5.82 Å². The van der Waals surface area contributed by atoms with E-state index in [0.717, 1.165) is 29.2 Å². The van der Waals surface area contributed by atoms with Gasteiger partial charge in [-0.2, -0.15) is 10.4 Å². The van der Waals surface area contributed by atoms with Gasteiger partial charge in [-0.05, 0) is 49.7 Å². The minimum Gasteiger partial charge on any atom is -0.354 e. The summed E-state index contributed by atoms with van der Waals surface area (Å²) in [6, 6.07) is 12.1. The molecule has 5 rings (SSSR count). The summed E-state index contributed by atoms with van der Waals surface area (Å²) in [7, 11) is 0. The van der Waals surface area contributed by atoms with Crippen molar-refractivity contribution in [3.05, 3.63) is 53.7 Å². The number of rotatable bonds is 9. The molecule has 0 saturated carbocycles. The number of aromatic nitrogens is 4. The molecule has 1 N–H and O–H groups in total. The number of nitriles is 1. The van der Waals surface area contributed by atoms with E-state index < -0.39 is 0 Å². The number of hydrogen-bond acceptors (Lipinski definition) is 8. The van der Waals surface area contributed by atoms with Crippen molar-refractivity contribution in [2.45, 2.75) is 26.8 Å². The van der Waals surface area contributed by atoms with E-state index >= 15 is 0 Å². The predicted octanol–water partition coefficient (Wildman–Crippen LogP) is 3.94. The van der Waals surface area contributed by atoms with E-state index in [0.29, 0.717) is 42.4 Å². The molecule has 1 amide bonds. The van der Waals surface area contributed by atoms with Crippen LogP contribution >= 0.6 is 11.3 Å². The Morgan fingerprint density at radius 1 is 1.24 bits per heavy atom. The lowest BCUT2D eigenvalue weighted by Gasteiger charge is -2.36. The average Bonchev–Trinajstić information content (AvgIpc) is 3.57. The smallest absolute Gasteiger partial charge is 0.251 e. The molecule has 10 heteroatoms. The Labute approximate surface area is 220 Å². The summed E-state index contributed by atoms with van der Waals surface area (Å²) in [5, 5.41) is 18.8. The third-order valence-electron chi connectivity index (χ3n) is 6.87. The number of fused-ring (bicyclic) bond motifs is 1. The van der Waals surface area contributed by atoms with E-state index in [9.17, 15) is 10.1 Å². The van der Waals surface area contributed by atoms with Gasteiger partial charge in [0, 0.05) is 37.4 Å². The summed E-state index contributed by atoms with van der Waals surface area (Å²) in [6.07, 6.45) is 3.63. The first-order valence-corrected chi connectivity index (χ1v) is 13.5. The van der Waals surface area contributed by atoms with E-state index in [1.807, 2.05) is 40.7 Å². The average molecular weight is 515 g/mol. The second kappa shape index (κ2) is 10.7. The number of pyridine rings is 1. The molecular weight excluding hydrogens is 484 g/mol. The molecular formula is C27H30N8OS. The van der Waals surface area contributed by atoms with Crippen LogP contribution < -0.4 is 10.2 Å². The van der Waals surface area contributed by atoms with Gasteiger partial charge >= 0.3 is 0 Å². The molecule has 0 aromatic carbocycles. The van der Waals surface area contributed by atoms with E-state index in [2.05, 4.69) is 42.2 Å². The molecule has 0 radical (unpaired) electrons. The lowest BCUT2D eigenvalue weighted by Crippen LogP contribution is -2.46. The Morgan fingerprint density at radius 2 is 2.05 bits per heavy atom. The molecule has 1 unspecified atom stereocenters. The third-order valence-corrected chi connectivity index (χ3v) is 7.77. The number of nitrogens with zero attached hydrogens (tertiary/aromatic N) is 7. The summed E-state index contributed by atoms with van der Waals surface area (Å²) < 4.78 is 1.72. The van der Waals surface area contributed by atoms with Crippen LogP contribution in [0.4, 0.5) is 5.82 Å². The molecule has 4 aromatic heterocycles. The number of thiophene rings is 1. The van der Waals surface area contributed by atoms with Crippen LogP contribution in [0, 0.1) is 17.2 Å². The van der Waals surface area contributed by atoms with Crippen LogP contribution in [0.1, 0.15) is 31.1 Å². The maximum Gasteiger partial charge on any atom is 0.251 e. The van der Waals surface area contributed by atoms with Crippen LogP contribution in [-0.2, 0) is 0 Å². The fraction of sp³-hybridized carbons (Fsp3) is 0.370. The molecule has 0 spiro atoms. The Balaban J connectivity index is 1.49. The van der Waals surface area contributed by atoms with Gasteiger partial charge in [-0.25, -0.2) is 14.5 Å². The van der Waals surface area contributed by atoms with Gasteiger partial charge in [0.25, 0.3) is 5.91 Å². The minimum atomic E-state index is -0.148. The summed E-state index contributed by atoms with van der Waals surface area (Å²) in [6.45, 7) is 9.98. The minimum absolute atomic E-state index is 0.0235. The predicted molar refractivity (Wildman–Crippen MR) is 146 cm³/mol. The van der Waals surface area contributed by atoms with Gasteiger partial charge in [0.15, 0.2) is 5.65 Å². The van der Waals surface area contributed by atoms with Crippen molar-refractivity contribution in [2.75, 3.05) is 37.6 Å². The Morgan fingerprint density at radius 3 is 2.76 bits per heavy atom. The standard InChI is InChI=1S/C27H30N8OS/c1-4-33(5-2)18(3)14-29-27(36)20-11-23(31-25(12-20)34-16-19(13-28)17-34)21-15-30-35-9-8-22(32-26(21)35)24-7-6-10-37-24/h6-12,15,18-19H,4-5,14,16-17H2,1-3H3,(H,29,36). The first-order chi connectivity index (χ1) is 18.0. The van der Waals surface area contributed by atoms with Crippen LogP contribution in [0.15, 0.2) is 48.1 Å². The molecule has 5 heterocycles. The molecule has 1 fully saturated rings. The summed E-state index contributed by atoms with van der Waals surface area (Å²) in [5.41, 5.74) is 3.45. The van der Waals surface area contributed by atoms with Crippen molar-refractivity contribution in [3.8, 4) is 27.9 Å². The van der Waals surface area contributed by atoms with Crippen molar-refractivity contribution < 1.29 is 4.79 Å². The largest absolute Gasteiger partial charge is 0.354 e. The number of anilines is 1. The molecule has 0 aliphatic carbocycles. The van der Waals surface area contributed by atoms with Gasteiger partial charge in [-0.15, -0.1) is 11.3 Å². The molecule has 1 aliphatic heterocycles. The van der Waals surface area contributed by atoms with Crippen LogP contribution in [-0.4, -0.2) is 69.2 Å². The molecule has 37 heavy (non-hydrogen) atoms. The highest BCUT2D eigenvalue weighted by Crippen LogP contribution is 2.30. The highest BCUT2D eigenvalue weighted by atomic mass is 32.1. The van der Waals surface area contributed by atoms with Crippen LogP contribution in [0.2, 0.25) is 0 Å². The maximum absolute atomic E-state index is 13.3. The number of nitrogens with one attached hydrogen (secondary N) is 1. The first-order valence-electron chi connectivity index (χ1n) is 12.6. The van der Waals surface area contributed by atoms with Crippen molar-refractivity contribution >= 4 is 28.7 Å². The van der Waals surface area contributed by atoms with Crippen molar-refractivity contribution in [2.24, 2.45) is 5.92 Å². The molecule has 190 valence electrons. The van der Waals surface area contributed by atoms with Gasteiger partial charge in [0.05, 0.1) is 40.0 Å². The monoisotopic (exact) mass is 514 g/mol. The third kappa shape index (κ3) is 5.05. The molecule has 0 bridgehead atoms. The second-order valence-corrected chi connectivity index (χ2v) is 10.2. The quantitative estimate of drug-likeness (QED) is 0.361. The van der Waals surface area contributed by atoms with Gasteiger partial charge < -0.3 is 10.2 Å². The zero-order valence-electron chi connectivity index (χ0n) is 21.3. The lowest BCUT2D eigenvalue weighted by molar-refractivity contribution is 0.0938. The number of likely N-dealkylation sites (N-methyl/N-ethyl adjacent to an activating group) is 1. The van der Waals surface area contributed by atoms with Crippen molar-refractivity contribution in [1.29, 1.82) is 5.26 Å². The highest BCUT2D eigenvalue weighted by molar-refractivity contribution is 7.13. The SMILES string of the molecule is CCN(CC)C(C)CNC(=O)c1cc(-c2cnn3ccc(-c4cccs4)nc23)nc(N2CC(C#N)C2)c1. The van der Waals surface area contributed by atoms with E-state index in [4.69, 9.17) is 9.97 Å². The van der Waals surface area contributed by atoms with Gasteiger partial charge in [-0.1, -0.05) is 19.9 Å². The Kier molecular flexibility index (Phi) is 7.17. The van der Waals surface area contributed by atoms with Gasteiger partial charge in [-0.3, -0.25) is 9.69 Å². The topological polar surface area (TPSA) is 102 Å². The number of carbonyl (C=O) groups is 1. The van der Waals surface area contributed by atoms with Crippen LogP contribution in [0.3, 0.4) is 0 Å². The zero-order chi connectivity index (χ0) is 25.9. The highest BCUT2D eigenvalue weighted by Gasteiger charge is 2.29. The molecule has 1 aliphatic rings.